The Morgan fingerprint density at radius 2 is 1.61 bits per heavy atom. The quantitative estimate of drug-likeness (QED) is 0.252. The Kier molecular flexibility index (Phi) is 11.4. The van der Waals surface area contributed by atoms with Gasteiger partial charge in [-0.25, -0.2) is 4.79 Å². The number of likely N-dealkylation sites (N-methyl/N-ethyl adjacent to an activating group) is 1. The largest absolute Gasteiger partial charge is 0.545 e. The van der Waals surface area contributed by atoms with Crippen LogP contribution in [0, 0.1) is 11.3 Å². The van der Waals surface area contributed by atoms with Crippen molar-refractivity contribution in [2.75, 3.05) is 52.3 Å². The first kappa shape index (κ1) is 27.4. The zero-order chi connectivity index (χ0) is 24.9. The molecule has 0 aliphatic carbocycles. The van der Waals surface area contributed by atoms with E-state index < -0.39 is 11.9 Å². The zero-order valence-corrected chi connectivity index (χ0v) is 20.1. The SMILES string of the molecule is CCN(CC)c1ccc(C=C(C#N)C(=O)OCC[N+](C)(C)C)cc1.O=C([O-])c1ccccc1. The van der Waals surface area contributed by atoms with Crippen LogP contribution < -0.4 is 10.0 Å². The highest BCUT2D eigenvalue weighted by Gasteiger charge is 2.13. The average Bonchev–Trinajstić information content (AvgIpc) is 2.79. The normalized spacial score (nSPS) is 11.0. The maximum absolute atomic E-state index is 12.0. The number of anilines is 1. The molecule has 0 fully saturated rings. The van der Waals surface area contributed by atoms with Crippen LogP contribution in [0.3, 0.4) is 0 Å². The molecule has 176 valence electrons. The number of aromatic carboxylic acids is 1. The van der Waals surface area contributed by atoms with Crippen molar-refractivity contribution in [3.8, 4) is 6.07 Å². The van der Waals surface area contributed by atoms with Gasteiger partial charge in [-0.3, -0.25) is 0 Å². The minimum atomic E-state index is -1.13. The van der Waals surface area contributed by atoms with E-state index in [0.29, 0.717) is 17.6 Å². The van der Waals surface area contributed by atoms with Crippen molar-refractivity contribution < 1.29 is 23.9 Å². The molecule has 0 aliphatic rings. The van der Waals surface area contributed by atoms with E-state index in [4.69, 9.17) is 4.74 Å². The number of nitriles is 1. The molecule has 7 nitrogen and oxygen atoms in total. The highest BCUT2D eigenvalue weighted by atomic mass is 16.5. The number of quaternary nitrogens is 1. The molecule has 0 amide bonds. The Balaban J connectivity index is 0.000000502. The molecule has 33 heavy (non-hydrogen) atoms. The molecular formula is C26H33N3O4. The van der Waals surface area contributed by atoms with Crippen molar-refractivity contribution in [3.05, 3.63) is 71.3 Å². The second-order valence-corrected chi connectivity index (χ2v) is 8.24. The van der Waals surface area contributed by atoms with Gasteiger partial charge in [0.15, 0.2) is 0 Å². The van der Waals surface area contributed by atoms with Crippen LogP contribution in [0.4, 0.5) is 5.69 Å². The van der Waals surface area contributed by atoms with Crippen molar-refractivity contribution in [3.63, 3.8) is 0 Å². The fourth-order valence-electron chi connectivity index (χ4n) is 2.74. The number of nitrogens with zero attached hydrogens (tertiary/aromatic N) is 3. The molecule has 2 rings (SSSR count). The third kappa shape index (κ3) is 10.5. The van der Waals surface area contributed by atoms with Crippen LogP contribution in [0.15, 0.2) is 60.2 Å². The van der Waals surface area contributed by atoms with Crippen LogP contribution in [0.25, 0.3) is 6.08 Å². The fourth-order valence-corrected chi connectivity index (χ4v) is 2.74. The lowest BCUT2D eigenvalue weighted by Gasteiger charge is -2.23. The van der Waals surface area contributed by atoms with Gasteiger partial charge in [0.05, 0.1) is 27.1 Å². The van der Waals surface area contributed by atoms with Gasteiger partial charge >= 0.3 is 5.97 Å². The van der Waals surface area contributed by atoms with Crippen LogP contribution in [0.2, 0.25) is 0 Å². The number of rotatable bonds is 9. The van der Waals surface area contributed by atoms with Gasteiger partial charge in [-0.1, -0.05) is 42.5 Å². The summed E-state index contributed by atoms with van der Waals surface area (Å²) >= 11 is 0. The highest BCUT2D eigenvalue weighted by Crippen LogP contribution is 2.17. The number of hydrogen-bond donors (Lipinski definition) is 0. The predicted octanol–water partition coefficient (Wildman–Crippen LogP) is 2.74. The number of carbonyl (C=O) groups excluding carboxylic acids is 2. The Bertz CT molecular complexity index is 952. The molecule has 0 N–H and O–H groups in total. The van der Waals surface area contributed by atoms with Gasteiger partial charge in [0, 0.05) is 18.8 Å². The molecule has 0 atom stereocenters. The summed E-state index contributed by atoms with van der Waals surface area (Å²) in [6, 6.07) is 17.8. The number of ether oxygens (including phenoxy) is 1. The summed E-state index contributed by atoms with van der Waals surface area (Å²) in [7, 11) is 6.06. The summed E-state index contributed by atoms with van der Waals surface area (Å²) in [5, 5.41) is 19.3. The smallest absolute Gasteiger partial charge is 0.349 e. The molecule has 0 heterocycles. The molecule has 0 aliphatic heterocycles. The number of carbonyl (C=O) groups is 2. The Labute approximate surface area is 196 Å². The number of esters is 1. The maximum Gasteiger partial charge on any atom is 0.349 e. The van der Waals surface area contributed by atoms with Crippen molar-refractivity contribution in [1.82, 2.24) is 0 Å². The first-order valence-corrected chi connectivity index (χ1v) is 10.8. The minimum Gasteiger partial charge on any atom is -0.545 e. The number of hydrogen-bond acceptors (Lipinski definition) is 6. The lowest BCUT2D eigenvalue weighted by molar-refractivity contribution is -0.870. The molecule has 2 aromatic carbocycles. The maximum atomic E-state index is 12.0. The Morgan fingerprint density at radius 1 is 1.03 bits per heavy atom. The second-order valence-electron chi connectivity index (χ2n) is 8.24. The van der Waals surface area contributed by atoms with Crippen LogP contribution in [0.1, 0.15) is 29.8 Å². The summed E-state index contributed by atoms with van der Waals surface area (Å²) in [6.07, 6.45) is 1.57. The summed E-state index contributed by atoms with van der Waals surface area (Å²) in [5.74, 6) is -1.70. The molecule has 0 unspecified atom stereocenters. The van der Waals surface area contributed by atoms with Crippen LogP contribution in [0.5, 0.6) is 0 Å². The second kappa shape index (κ2) is 13.7. The van der Waals surface area contributed by atoms with Gasteiger partial charge in [-0.2, -0.15) is 5.26 Å². The third-order valence-electron chi connectivity index (χ3n) is 4.68. The molecule has 0 spiro atoms. The summed E-state index contributed by atoms with van der Waals surface area (Å²) in [5.41, 5.74) is 2.18. The average molecular weight is 452 g/mol. The summed E-state index contributed by atoms with van der Waals surface area (Å²) < 4.78 is 5.89. The molecule has 0 bridgehead atoms. The van der Waals surface area contributed by atoms with E-state index >= 15 is 0 Å². The lowest BCUT2D eigenvalue weighted by atomic mass is 10.1. The first-order valence-electron chi connectivity index (χ1n) is 10.8. The van der Waals surface area contributed by atoms with Gasteiger partial charge < -0.3 is 24.0 Å². The third-order valence-corrected chi connectivity index (χ3v) is 4.68. The van der Waals surface area contributed by atoms with E-state index in [0.717, 1.165) is 24.3 Å². The standard InChI is InChI=1S/C19H28N3O2.C7H6O2/c1-6-21(7-2)18-10-8-16(9-11-18)14-17(15-20)19(23)24-13-12-22(3,4)5;8-7(9)6-4-2-1-3-5-6/h8-11,14H,6-7,12-13H2,1-5H3;1-5H,(H,8,9)/q+1;/p-1. The first-order chi connectivity index (χ1) is 15.6. The Hall–Kier alpha value is -3.63. The van der Waals surface area contributed by atoms with Crippen molar-refractivity contribution in [1.29, 1.82) is 5.26 Å². The van der Waals surface area contributed by atoms with E-state index in [1.807, 2.05) is 51.5 Å². The van der Waals surface area contributed by atoms with Crippen LogP contribution in [-0.2, 0) is 9.53 Å². The molecule has 0 aromatic heterocycles. The van der Waals surface area contributed by atoms with Gasteiger partial charge in [-0.15, -0.1) is 0 Å². The van der Waals surface area contributed by atoms with E-state index in [-0.39, 0.29) is 11.1 Å². The van der Waals surface area contributed by atoms with E-state index in [1.54, 1.807) is 24.3 Å². The van der Waals surface area contributed by atoms with Crippen molar-refractivity contribution in [2.45, 2.75) is 13.8 Å². The predicted molar refractivity (Wildman–Crippen MR) is 128 cm³/mol. The molecule has 0 radical (unpaired) electrons. The van der Waals surface area contributed by atoms with Gasteiger partial charge in [0.1, 0.15) is 24.8 Å². The zero-order valence-electron chi connectivity index (χ0n) is 20.1. The highest BCUT2D eigenvalue weighted by molar-refractivity contribution is 5.97. The summed E-state index contributed by atoms with van der Waals surface area (Å²) in [4.78, 5) is 24.3. The topological polar surface area (TPSA) is 93.5 Å². The van der Waals surface area contributed by atoms with E-state index in [2.05, 4.69) is 18.7 Å². The number of benzene rings is 2. The summed E-state index contributed by atoms with van der Waals surface area (Å²) in [6.45, 7) is 7.08. The number of carboxylic acids is 1. The fraction of sp³-hybridized carbons (Fsp3) is 0.346. The molecule has 2 aromatic rings. The van der Waals surface area contributed by atoms with Crippen LogP contribution >= 0.6 is 0 Å². The lowest BCUT2D eigenvalue weighted by Crippen LogP contribution is -2.38. The molecule has 0 saturated carbocycles. The van der Waals surface area contributed by atoms with E-state index in [1.165, 1.54) is 12.1 Å². The minimum absolute atomic E-state index is 0.0204. The van der Waals surface area contributed by atoms with Gasteiger partial charge in [0.2, 0.25) is 0 Å². The Morgan fingerprint density at radius 3 is 2.03 bits per heavy atom. The van der Waals surface area contributed by atoms with E-state index in [9.17, 15) is 20.0 Å². The monoisotopic (exact) mass is 451 g/mol. The molecule has 7 heteroatoms. The van der Waals surface area contributed by atoms with Crippen molar-refractivity contribution in [2.24, 2.45) is 0 Å². The van der Waals surface area contributed by atoms with Gasteiger partial charge in [-0.05, 0) is 43.2 Å². The molecular weight excluding hydrogens is 418 g/mol. The van der Waals surface area contributed by atoms with Crippen LogP contribution in [-0.4, -0.2) is 63.8 Å². The van der Waals surface area contributed by atoms with Gasteiger partial charge in [0.25, 0.3) is 0 Å². The number of carboxylic acid groups (broad SMARTS) is 1. The molecule has 0 saturated heterocycles. The van der Waals surface area contributed by atoms with Crippen molar-refractivity contribution >= 4 is 23.7 Å².